The first-order valence-corrected chi connectivity index (χ1v) is 11.4. The van der Waals surface area contributed by atoms with Crippen LogP contribution in [0.4, 0.5) is 11.4 Å². The highest BCUT2D eigenvalue weighted by Gasteiger charge is 2.11. The Morgan fingerprint density at radius 2 is 0.909 bits per heavy atom. The SMILES string of the molecule is O=[N+]([O-])c1ccc(Sc2ccc3oc4ccc(Sc5ccc([N+](=O)[O-])cc5)cc4c3c2)cc1. The van der Waals surface area contributed by atoms with Gasteiger partial charge in [0.2, 0.25) is 0 Å². The minimum absolute atomic E-state index is 0.0636. The van der Waals surface area contributed by atoms with E-state index in [9.17, 15) is 20.2 Å². The minimum Gasteiger partial charge on any atom is -0.456 e. The predicted molar refractivity (Wildman–Crippen MR) is 128 cm³/mol. The Kier molecular flexibility index (Phi) is 5.49. The van der Waals surface area contributed by atoms with E-state index < -0.39 is 9.85 Å². The molecule has 7 nitrogen and oxygen atoms in total. The molecule has 0 aliphatic rings. The number of benzene rings is 4. The Morgan fingerprint density at radius 1 is 0.545 bits per heavy atom. The standard InChI is InChI=1S/C24H14N2O5S2/c27-25(28)15-1-5-17(6-2-15)32-19-9-11-23-21(13-19)22-14-20(10-12-24(22)31-23)33-18-7-3-16(4-8-18)26(29)30/h1-14H. The molecule has 1 heterocycles. The molecule has 0 saturated carbocycles. The molecule has 0 aliphatic heterocycles. The van der Waals surface area contributed by atoms with Crippen LogP contribution in [0, 0.1) is 20.2 Å². The van der Waals surface area contributed by atoms with Crippen molar-refractivity contribution in [1.82, 2.24) is 0 Å². The van der Waals surface area contributed by atoms with Crippen molar-refractivity contribution in [2.75, 3.05) is 0 Å². The zero-order valence-corrected chi connectivity index (χ0v) is 18.5. The topological polar surface area (TPSA) is 99.4 Å². The van der Waals surface area contributed by atoms with Crippen LogP contribution in [0.5, 0.6) is 0 Å². The zero-order valence-electron chi connectivity index (χ0n) is 16.8. The quantitative estimate of drug-likeness (QED) is 0.183. The minimum atomic E-state index is -0.412. The lowest BCUT2D eigenvalue weighted by atomic mass is 10.1. The molecule has 0 fully saturated rings. The summed E-state index contributed by atoms with van der Waals surface area (Å²) >= 11 is 3.04. The van der Waals surface area contributed by atoms with E-state index in [0.717, 1.165) is 41.5 Å². The molecule has 0 saturated heterocycles. The van der Waals surface area contributed by atoms with E-state index in [1.807, 2.05) is 36.4 Å². The van der Waals surface area contributed by atoms with E-state index in [1.165, 1.54) is 47.8 Å². The normalized spacial score (nSPS) is 11.2. The molecule has 1 aromatic heterocycles. The van der Waals surface area contributed by atoms with Gasteiger partial charge in [0, 0.05) is 54.6 Å². The van der Waals surface area contributed by atoms with Crippen LogP contribution in [0.1, 0.15) is 0 Å². The summed E-state index contributed by atoms with van der Waals surface area (Å²) in [6.07, 6.45) is 0. The maximum atomic E-state index is 10.9. The second-order valence-electron chi connectivity index (χ2n) is 7.12. The van der Waals surface area contributed by atoms with E-state index in [2.05, 4.69) is 0 Å². The number of rotatable bonds is 6. The van der Waals surface area contributed by atoms with Gasteiger partial charge in [-0.3, -0.25) is 20.2 Å². The first-order valence-electron chi connectivity index (χ1n) is 9.77. The van der Waals surface area contributed by atoms with Crippen molar-refractivity contribution in [3.05, 3.63) is 105 Å². The summed E-state index contributed by atoms with van der Waals surface area (Å²) < 4.78 is 5.98. The molecule has 33 heavy (non-hydrogen) atoms. The van der Waals surface area contributed by atoms with Gasteiger partial charge in [-0.2, -0.15) is 0 Å². The van der Waals surface area contributed by atoms with E-state index in [-0.39, 0.29) is 11.4 Å². The Morgan fingerprint density at radius 3 is 1.27 bits per heavy atom. The maximum Gasteiger partial charge on any atom is 0.269 e. The van der Waals surface area contributed by atoms with E-state index >= 15 is 0 Å². The van der Waals surface area contributed by atoms with Crippen LogP contribution in [-0.4, -0.2) is 9.85 Å². The summed E-state index contributed by atoms with van der Waals surface area (Å²) in [4.78, 5) is 24.7. The number of hydrogen-bond donors (Lipinski definition) is 0. The first-order chi connectivity index (χ1) is 16.0. The second kappa shape index (κ2) is 8.61. The van der Waals surface area contributed by atoms with Crippen molar-refractivity contribution >= 4 is 56.8 Å². The van der Waals surface area contributed by atoms with E-state index in [0.29, 0.717) is 0 Å². The van der Waals surface area contributed by atoms with Crippen molar-refractivity contribution < 1.29 is 14.3 Å². The van der Waals surface area contributed by atoms with Crippen LogP contribution in [-0.2, 0) is 0 Å². The molecular weight excluding hydrogens is 460 g/mol. The molecule has 0 N–H and O–H groups in total. The molecule has 5 rings (SSSR count). The average molecular weight is 475 g/mol. The van der Waals surface area contributed by atoms with Gasteiger partial charge in [0.1, 0.15) is 11.2 Å². The lowest BCUT2D eigenvalue weighted by Crippen LogP contribution is -1.86. The van der Waals surface area contributed by atoms with Gasteiger partial charge in [-0.15, -0.1) is 0 Å². The van der Waals surface area contributed by atoms with Crippen molar-refractivity contribution in [1.29, 1.82) is 0 Å². The van der Waals surface area contributed by atoms with Crippen LogP contribution >= 0.6 is 23.5 Å². The van der Waals surface area contributed by atoms with Gasteiger partial charge in [-0.05, 0) is 60.7 Å². The van der Waals surface area contributed by atoms with Gasteiger partial charge in [0.05, 0.1) is 9.85 Å². The molecule has 4 aromatic carbocycles. The van der Waals surface area contributed by atoms with E-state index in [1.54, 1.807) is 24.3 Å². The van der Waals surface area contributed by atoms with Gasteiger partial charge in [-0.25, -0.2) is 0 Å². The summed E-state index contributed by atoms with van der Waals surface area (Å²) in [5, 5.41) is 23.7. The molecule has 0 spiro atoms. The molecule has 0 radical (unpaired) electrons. The molecule has 0 unspecified atom stereocenters. The molecular formula is C24H14N2O5S2. The second-order valence-corrected chi connectivity index (χ2v) is 9.42. The molecule has 0 amide bonds. The largest absolute Gasteiger partial charge is 0.456 e. The number of non-ortho nitro benzene ring substituents is 2. The molecule has 5 aromatic rings. The number of furan rings is 1. The fourth-order valence-corrected chi connectivity index (χ4v) is 5.12. The third-order valence-electron chi connectivity index (χ3n) is 4.98. The molecule has 9 heteroatoms. The maximum absolute atomic E-state index is 10.9. The molecule has 0 bridgehead atoms. The van der Waals surface area contributed by atoms with Gasteiger partial charge in [0.25, 0.3) is 11.4 Å². The first kappa shape index (κ1) is 21.0. The predicted octanol–water partition coefficient (Wildman–Crippen LogP) is 7.70. The smallest absolute Gasteiger partial charge is 0.269 e. The summed E-state index contributed by atoms with van der Waals surface area (Å²) in [6.45, 7) is 0. The monoisotopic (exact) mass is 474 g/mol. The van der Waals surface area contributed by atoms with Crippen molar-refractivity contribution in [3.63, 3.8) is 0 Å². The fraction of sp³-hybridized carbons (Fsp3) is 0. The number of fused-ring (bicyclic) bond motifs is 3. The zero-order chi connectivity index (χ0) is 22.9. The van der Waals surface area contributed by atoms with Crippen molar-refractivity contribution in [2.24, 2.45) is 0 Å². The number of nitro groups is 2. The Balaban J connectivity index is 1.44. The third kappa shape index (κ3) is 4.41. The number of hydrogen-bond acceptors (Lipinski definition) is 7. The highest BCUT2D eigenvalue weighted by Crippen LogP contribution is 2.38. The van der Waals surface area contributed by atoms with Gasteiger partial charge >= 0.3 is 0 Å². The fourth-order valence-electron chi connectivity index (χ4n) is 3.41. The number of nitro benzene ring substituents is 2. The van der Waals surface area contributed by atoms with Gasteiger partial charge < -0.3 is 4.42 Å². The van der Waals surface area contributed by atoms with E-state index in [4.69, 9.17) is 4.42 Å². The highest BCUT2D eigenvalue weighted by atomic mass is 32.2. The van der Waals surface area contributed by atoms with Gasteiger partial charge in [0.15, 0.2) is 0 Å². The summed E-state index contributed by atoms with van der Waals surface area (Å²) in [6, 6.07) is 24.8. The van der Waals surface area contributed by atoms with Crippen LogP contribution in [0.15, 0.2) is 109 Å². The molecule has 0 atom stereocenters. The Labute approximate surface area is 195 Å². The van der Waals surface area contributed by atoms with Crippen LogP contribution in [0.3, 0.4) is 0 Å². The van der Waals surface area contributed by atoms with Crippen molar-refractivity contribution in [3.8, 4) is 0 Å². The molecule has 162 valence electrons. The third-order valence-corrected chi connectivity index (χ3v) is 6.97. The average Bonchev–Trinajstić information content (AvgIpc) is 3.17. The summed E-state index contributed by atoms with van der Waals surface area (Å²) in [5.74, 6) is 0. The highest BCUT2D eigenvalue weighted by molar-refractivity contribution is 7.99. The van der Waals surface area contributed by atoms with Gasteiger partial charge in [-0.1, -0.05) is 23.5 Å². The number of nitrogens with zero attached hydrogens (tertiary/aromatic N) is 2. The van der Waals surface area contributed by atoms with Crippen LogP contribution < -0.4 is 0 Å². The van der Waals surface area contributed by atoms with Crippen LogP contribution in [0.2, 0.25) is 0 Å². The Bertz CT molecular complexity index is 1400. The Hall–Kier alpha value is -3.82. The molecule has 0 aliphatic carbocycles. The summed E-state index contributed by atoms with van der Waals surface area (Å²) in [5.41, 5.74) is 1.67. The summed E-state index contributed by atoms with van der Waals surface area (Å²) in [7, 11) is 0. The van der Waals surface area contributed by atoms with Crippen LogP contribution in [0.25, 0.3) is 21.9 Å². The lowest BCUT2D eigenvalue weighted by molar-refractivity contribution is -0.385. The van der Waals surface area contributed by atoms with Crippen molar-refractivity contribution in [2.45, 2.75) is 19.6 Å². The lowest BCUT2D eigenvalue weighted by Gasteiger charge is -2.03.